The Morgan fingerprint density at radius 3 is 1.74 bits per heavy atom. The number of esters is 2. The third-order valence-electron chi connectivity index (χ3n) is 5.09. The van der Waals surface area contributed by atoms with Crippen molar-refractivity contribution < 1.29 is 29.0 Å². The Morgan fingerprint density at radius 1 is 0.806 bits per heavy atom. The third kappa shape index (κ3) is 3.50. The van der Waals surface area contributed by atoms with Gasteiger partial charge in [0.15, 0.2) is 0 Å². The number of phenols is 1. The van der Waals surface area contributed by atoms with Gasteiger partial charge in [-0.15, -0.1) is 0 Å². The van der Waals surface area contributed by atoms with Crippen LogP contribution >= 0.6 is 0 Å². The summed E-state index contributed by atoms with van der Waals surface area (Å²) in [6, 6.07) is 18.0. The molecular weight excluding hydrogens is 398 g/mol. The highest BCUT2D eigenvalue weighted by atomic mass is 16.5. The van der Waals surface area contributed by atoms with E-state index in [1.807, 2.05) is 0 Å². The Kier molecular flexibility index (Phi) is 4.94. The summed E-state index contributed by atoms with van der Waals surface area (Å²) >= 11 is 0. The number of hydrogen-bond donors (Lipinski definition) is 2. The van der Waals surface area contributed by atoms with E-state index in [1.54, 1.807) is 60.7 Å². The van der Waals surface area contributed by atoms with Crippen LogP contribution in [-0.4, -0.2) is 23.0 Å². The molecule has 0 fully saturated rings. The fourth-order valence-electron chi connectivity index (χ4n) is 3.91. The molecule has 0 radical (unpaired) electrons. The first-order chi connectivity index (χ1) is 14.8. The van der Waals surface area contributed by atoms with Gasteiger partial charge in [0.2, 0.25) is 5.91 Å². The van der Waals surface area contributed by atoms with Crippen LogP contribution in [0.1, 0.15) is 30.5 Å². The summed E-state index contributed by atoms with van der Waals surface area (Å²) in [5.74, 6) is -0.464. The molecule has 3 aromatic carbocycles. The van der Waals surface area contributed by atoms with Crippen molar-refractivity contribution in [1.29, 1.82) is 0 Å². The summed E-state index contributed by atoms with van der Waals surface area (Å²) in [6.07, 6.45) is 0. The van der Waals surface area contributed by atoms with E-state index in [-0.39, 0.29) is 11.7 Å². The van der Waals surface area contributed by atoms with Gasteiger partial charge in [-0.25, -0.2) is 0 Å². The number of hydrogen-bond acceptors (Lipinski definition) is 6. The molecule has 1 heterocycles. The Hall–Kier alpha value is -4.13. The van der Waals surface area contributed by atoms with Gasteiger partial charge in [-0.1, -0.05) is 24.3 Å². The van der Waals surface area contributed by atoms with Gasteiger partial charge in [0.05, 0.1) is 0 Å². The van der Waals surface area contributed by atoms with Crippen LogP contribution in [0.2, 0.25) is 0 Å². The fourth-order valence-corrected chi connectivity index (χ4v) is 3.91. The Morgan fingerprint density at radius 2 is 1.29 bits per heavy atom. The van der Waals surface area contributed by atoms with Gasteiger partial charge in [0, 0.05) is 25.1 Å². The molecule has 0 atom stereocenters. The lowest BCUT2D eigenvalue weighted by atomic mass is 9.70. The fraction of sp³-hybridized carbons (Fsp3) is 0.125. The minimum atomic E-state index is -1.27. The average Bonchev–Trinajstić information content (AvgIpc) is 3.00. The summed E-state index contributed by atoms with van der Waals surface area (Å²) in [6.45, 7) is 2.62. The molecule has 4 rings (SSSR count). The minimum Gasteiger partial charge on any atom is -0.508 e. The molecule has 0 aliphatic carbocycles. The number of ether oxygens (including phenoxy) is 2. The van der Waals surface area contributed by atoms with Crippen molar-refractivity contribution in [3.05, 3.63) is 83.4 Å². The molecule has 0 bridgehead atoms. The summed E-state index contributed by atoms with van der Waals surface area (Å²) in [4.78, 5) is 35.9. The van der Waals surface area contributed by atoms with Crippen LogP contribution in [0, 0.1) is 0 Å². The monoisotopic (exact) mass is 417 g/mol. The number of aromatic hydroxyl groups is 1. The molecule has 0 saturated carbocycles. The quantitative estimate of drug-likeness (QED) is 0.383. The van der Waals surface area contributed by atoms with Crippen LogP contribution < -0.4 is 14.8 Å². The maximum Gasteiger partial charge on any atom is 0.308 e. The Labute approximate surface area is 178 Å². The largest absolute Gasteiger partial charge is 0.508 e. The van der Waals surface area contributed by atoms with E-state index in [0.717, 1.165) is 0 Å². The summed E-state index contributed by atoms with van der Waals surface area (Å²) < 4.78 is 10.2. The number of carbonyl (C=O) groups is 3. The Balaban J connectivity index is 1.91. The second-order valence-electron chi connectivity index (χ2n) is 7.17. The normalized spacial score (nSPS) is 13.8. The molecule has 0 aromatic heterocycles. The molecule has 0 spiro atoms. The number of anilines is 1. The number of fused-ring (bicyclic) bond motifs is 1. The van der Waals surface area contributed by atoms with E-state index in [4.69, 9.17) is 9.47 Å². The highest BCUT2D eigenvalue weighted by Crippen LogP contribution is 2.49. The zero-order valence-electron chi connectivity index (χ0n) is 16.8. The first-order valence-corrected chi connectivity index (χ1v) is 9.53. The highest BCUT2D eigenvalue weighted by molar-refractivity contribution is 6.11. The number of carbonyl (C=O) groups excluding carboxylic acids is 3. The van der Waals surface area contributed by atoms with Crippen LogP contribution in [0.5, 0.6) is 17.2 Å². The molecule has 0 saturated heterocycles. The van der Waals surface area contributed by atoms with E-state index in [0.29, 0.717) is 33.9 Å². The molecule has 156 valence electrons. The van der Waals surface area contributed by atoms with Crippen molar-refractivity contribution in [2.24, 2.45) is 0 Å². The van der Waals surface area contributed by atoms with E-state index in [9.17, 15) is 19.5 Å². The lowest BCUT2D eigenvalue weighted by molar-refractivity contribution is -0.132. The SMILES string of the molecule is CC(=O)Oc1ccc(C2(c3ccc(OC(C)=O)cc3)C(=O)Nc3ccc(O)cc32)cc1. The van der Waals surface area contributed by atoms with Crippen molar-refractivity contribution in [2.45, 2.75) is 19.3 Å². The first-order valence-electron chi connectivity index (χ1n) is 9.53. The van der Waals surface area contributed by atoms with Crippen LogP contribution in [-0.2, 0) is 19.8 Å². The first kappa shape index (κ1) is 20.2. The lowest BCUT2D eigenvalue weighted by Crippen LogP contribution is -2.37. The van der Waals surface area contributed by atoms with Gasteiger partial charge in [0.1, 0.15) is 22.7 Å². The van der Waals surface area contributed by atoms with Crippen molar-refractivity contribution in [3.8, 4) is 17.2 Å². The van der Waals surface area contributed by atoms with E-state index in [1.165, 1.54) is 19.9 Å². The van der Waals surface area contributed by atoms with Crippen molar-refractivity contribution in [3.63, 3.8) is 0 Å². The molecule has 1 aliphatic rings. The zero-order valence-corrected chi connectivity index (χ0v) is 16.8. The molecule has 1 aliphatic heterocycles. The van der Waals surface area contributed by atoms with Crippen molar-refractivity contribution >= 4 is 23.5 Å². The zero-order chi connectivity index (χ0) is 22.2. The molecular formula is C24H19NO6. The standard InChI is InChI=1S/C24H19NO6/c1-14(26)30-19-8-3-16(4-9-19)24(17-5-10-20(11-6-17)31-15(2)27)21-13-18(28)7-12-22(21)25-23(24)29/h3-13,28H,1-2H3,(H,25,29). The van der Waals surface area contributed by atoms with E-state index >= 15 is 0 Å². The maximum atomic E-state index is 13.4. The number of nitrogens with one attached hydrogen (secondary N) is 1. The van der Waals surface area contributed by atoms with Crippen LogP contribution in [0.25, 0.3) is 0 Å². The van der Waals surface area contributed by atoms with Crippen LogP contribution in [0.15, 0.2) is 66.7 Å². The average molecular weight is 417 g/mol. The predicted molar refractivity (Wildman–Crippen MR) is 112 cm³/mol. The predicted octanol–water partition coefficient (Wildman–Crippen LogP) is 3.53. The number of phenolic OH excluding ortho intramolecular Hbond substituents is 1. The summed E-state index contributed by atoms with van der Waals surface area (Å²) in [5, 5.41) is 13.0. The molecule has 7 nitrogen and oxygen atoms in total. The molecule has 7 heteroatoms. The van der Waals surface area contributed by atoms with Gasteiger partial charge in [-0.3, -0.25) is 14.4 Å². The number of benzene rings is 3. The summed E-state index contributed by atoms with van der Waals surface area (Å²) in [5.41, 5.74) is 1.13. The number of amides is 1. The van der Waals surface area contributed by atoms with Crippen LogP contribution in [0.4, 0.5) is 5.69 Å². The maximum absolute atomic E-state index is 13.4. The second kappa shape index (κ2) is 7.60. The number of rotatable bonds is 4. The highest BCUT2D eigenvalue weighted by Gasteiger charge is 2.50. The topological polar surface area (TPSA) is 102 Å². The second-order valence-corrected chi connectivity index (χ2v) is 7.17. The Bertz CT molecular complexity index is 1120. The third-order valence-corrected chi connectivity index (χ3v) is 5.09. The van der Waals surface area contributed by atoms with Gasteiger partial charge in [0.25, 0.3) is 0 Å². The lowest BCUT2D eigenvalue weighted by Gasteiger charge is -2.29. The molecule has 0 unspecified atom stereocenters. The summed E-state index contributed by atoms with van der Waals surface area (Å²) in [7, 11) is 0. The molecule has 1 amide bonds. The van der Waals surface area contributed by atoms with Gasteiger partial charge >= 0.3 is 11.9 Å². The van der Waals surface area contributed by atoms with Crippen LogP contribution in [0.3, 0.4) is 0 Å². The van der Waals surface area contributed by atoms with Gasteiger partial charge in [-0.2, -0.15) is 0 Å². The smallest absolute Gasteiger partial charge is 0.308 e. The molecule has 2 N–H and O–H groups in total. The van der Waals surface area contributed by atoms with Crippen molar-refractivity contribution in [2.75, 3.05) is 5.32 Å². The van der Waals surface area contributed by atoms with Gasteiger partial charge in [-0.05, 0) is 53.6 Å². The molecule has 3 aromatic rings. The van der Waals surface area contributed by atoms with E-state index in [2.05, 4.69) is 5.32 Å². The minimum absolute atomic E-state index is 0.0210. The van der Waals surface area contributed by atoms with Crippen molar-refractivity contribution in [1.82, 2.24) is 0 Å². The van der Waals surface area contributed by atoms with E-state index < -0.39 is 17.4 Å². The molecule has 31 heavy (non-hydrogen) atoms. The van der Waals surface area contributed by atoms with Gasteiger partial charge < -0.3 is 19.9 Å².